The number of hydrogen-bond donors (Lipinski definition) is 3. The zero-order chi connectivity index (χ0) is 29.9. The van der Waals surface area contributed by atoms with Crippen LogP contribution in [0.2, 0.25) is 0 Å². The first kappa shape index (κ1) is 30.5. The number of rotatable bonds is 8. The smallest absolute Gasteiger partial charge is 0.407 e. The number of fused-ring (bicyclic) bond motifs is 1. The standard InChI is InChI=1S/C32H46N4O6/c1-32(2,3)42-31(40)34-22-10-8-21(9-11-22)33-26(12-7-20-15-17-41-18-16-20)23-5-4-6-24-25(23)19-36(30(24)39)27-13-14-28(37)35-29(27)38/h4-6,20-22,26-27,33H,7-19H2,1-3H3,(H,34,40)(H,35,37,38)/t21?,22?,26-,27-/m1/s1. The van der Waals surface area contributed by atoms with Crippen LogP contribution in [-0.4, -0.2) is 65.7 Å². The van der Waals surface area contributed by atoms with Crippen molar-refractivity contribution in [2.75, 3.05) is 13.2 Å². The highest BCUT2D eigenvalue weighted by molar-refractivity contribution is 6.05. The third-order valence-electron chi connectivity index (χ3n) is 9.08. The molecular formula is C32H46N4O6. The van der Waals surface area contributed by atoms with Crippen molar-refractivity contribution in [3.8, 4) is 0 Å². The monoisotopic (exact) mass is 582 g/mol. The van der Waals surface area contributed by atoms with Crippen molar-refractivity contribution in [2.24, 2.45) is 5.92 Å². The number of amides is 4. The van der Waals surface area contributed by atoms with Gasteiger partial charge in [-0.1, -0.05) is 12.1 Å². The predicted molar refractivity (Wildman–Crippen MR) is 157 cm³/mol. The van der Waals surface area contributed by atoms with Crippen molar-refractivity contribution in [1.82, 2.24) is 20.9 Å². The first-order valence-corrected chi connectivity index (χ1v) is 15.7. The Morgan fingerprint density at radius 2 is 1.76 bits per heavy atom. The van der Waals surface area contributed by atoms with Crippen LogP contribution in [0.3, 0.4) is 0 Å². The topological polar surface area (TPSA) is 126 Å². The van der Waals surface area contributed by atoms with Gasteiger partial charge in [0.15, 0.2) is 0 Å². The van der Waals surface area contributed by atoms with Crippen LogP contribution in [0.25, 0.3) is 0 Å². The Kier molecular flexibility index (Phi) is 9.52. The van der Waals surface area contributed by atoms with E-state index in [0.29, 0.717) is 30.5 Å². The molecule has 2 atom stereocenters. The number of nitrogens with zero attached hydrogens (tertiary/aromatic N) is 1. The summed E-state index contributed by atoms with van der Waals surface area (Å²) in [6.45, 7) is 7.60. The molecule has 10 nitrogen and oxygen atoms in total. The number of piperidine rings is 1. The summed E-state index contributed by atoms with van der Waals surface area (Å²) in [5.41, 5.74) is 2.24. The van der Waals surface area contributed by atoms with Gasteiger partial charge in [-0.25, -0.2) is 4.79 Å². The lowest BCUT2D eigenvalue weighted by atomic mass is 9.86. The lowest BCUT2D eigenvalue weighted by Gasteiger charge is -2.34. The second-order valence-corrected chi connectivity index (χ2v) is 13.3. The maximum Gasteiger partial charge on any atom is 0.407 e. The Morgan fingerprint density at radius 3 is 2.45 bits per heavy atom. The first-order chi connectivity index (χ1) is 20.1. The minimum atomic E-state index is -0.628. The van der Waals surface area contributed by atoms with Crippen LogP contribution in [0.15, 0.2) is 18.2 Å². The number of hydrogen-bond acceptors (Lipinski definition) is 7. The van der Waals surface area contributed by atoms with E-state index in [9.17, 15) is 19.2 Å². The Hall–Kier alpha value is -2.98. The van der Waals surface area contributed by atoms with Gasteiger partial charge in [0, 0.05) is 49.9 Å². The highest BCUT2D eigenvalue weighted by Gasteiger charge is 2.40. The van der Waals surface area contributed by atoms with Crippen LogP contribution in [0.4, 0.5) is 4.79 Å². The fraction of sp³-hybridized carbons (Fsp3) is 0.688. The molecule has 1 aromatic carbocycles. The van der Waals surface area contributed by atoms with Gasteiger partial charge in [0.25, 0.3) is 5.91 Å². The van der Waals surface area contributed by atoms with E-state index < -0.39 is 11.6 Å². The van der Waals surface area contributed by atoms with Crippen molar-refractivity contribution in [3.05, 3.63) is 34.9 Å². The van der Waals surface area contributed by atoms with Gasteiger partial charge in [-0.3, -0.25) is 19.7 Å². The molecule has 230 valence electrons. The molecule has 10 heteroatoms. The van der Waals surface area contributed by atoms with E-state index in [1.165, 1.54) is 0 Å². The van der Waals surface area contributed by atoms with Crippen LogP contribution in [0.1, 0.15) is 113 Å². The van der Waals surface area contributed by atoms with Gasteiger partial charge in [-0.05, 0) is 102 Å². The molecule has 0 bridgehead atoms. The number of benzene rings is 1. The maximum atomic E-state index is 13.5. The van der Waals surface area contributed by atoms with Gasteiger partial charge < -0.3 is 25.0 Å². The summed E-state index contributed by atoms with van der Waals surface area (Å²) in [5.74, 6) is -0.192. The molecule has 2 saturated heterocycles. The van der Waals surface area contributed by atoms with Gasteiger partial charge in [-0.2, -0.15) is 0 Å². The highest BCUT2D eigenvalue weighted by atomic mass is 16.6. The molecule has 1 saturated carbocycles. The molecule has 1 aromatic rings. The molecule has 5 rings (SSSR count). The number of nitrogens with one attached hydrogen (secondary N) is 3. The first-order valence-electron chi connectivity index (χ1n) is 15.7. The quantitative estimate of drug-likeness (QED) is 0.394. The summed E-state index contributed by atoms with van der Waals surface area (Å²) in [7, 11) is 0. The highest BCUT2D eigenvalue weighted by Crippen LogP contribution is 2.36. The van der Waals surface area contributed by atoms with Crippen LogP contribution in [0, 0.1) is 5.92 Å². The van der Waals surface area contributed by atoms with E-state index in [0.717, 1.165) is 75.7 Å². The summed E-state index contributed by atoms with van der Waals surface area (Å²) >= 11 is 0. The molecular weight excluding hydrogens is 536 g/mol. The van der Waals surface area contributed by atoms with E-state index in [1.807, 2.05) is 32.9 Å². The number of alkyl carbamates (subject to hydrolysis) is 1. The lowest BCUT2D eigenvalue weighted by molar-refractivity contribution is -0.136. The molecule has 0 spiro atoms. The molecule has 1 aliphatic carbocycles. The molecule has 0 radical (unpaired) electrons. The summed E-state index contributed by atoms with van der Waals surface area (Å²) in [4.78, 5) is 51.8. The maximum absolute atomic E-state index is 13.5. The predicted octanol–water partition coefficient (Wildman–Crippen LogP) is 4.12. The van der Waals surface area contributed by atoms with Crippen molar-refractivity contribution in [3.63, 3.8) is 0 Å². The zero-order valence-electron chi connectivity index (χ0n) is 25.2. The Labute approximate surface area is 248 Å². The number of carbonyl (C=O) groups is 4. The second kappa shape index (κ2) is 13.1. The van der Waals surface area contributed by atoms with Crippen LogP contribution >= 0.6 is 0 Å². The molecule has 3 aliphatic heterocycles. The third-order valence-corrected chi connectivity index (χ3v) is 9.08. The Morgan fingerprint density at radius 1 is 1.05 bits per heavy atom. The molecule has 3 N–H and O–H groups in total. The second-order valence-electron chi connectivity index (χ2n) is 13.3. The third kappa shape index (κ3) is 7.50. The molecule has 3 heterocycles. The molecule has 3 fully saturated rings. The Balaban J connectivity index is 1.28. The number of carbonyl (C=O) groups excluding carboxylic acids is 4. The van der Waals surface area contributed by atoms with Gasteiger partial charge in [0.05, 0.1) is 0 Å². The largest absolute Gasteiger partial charge is 0.444 e. The molecule has 4 amide bonds. The number of imide groups is 1. The molecule has 0 unspecified atom stereocenters. The van der Waals surface area contributed by atoms with Crippen LogP contribution in [-0.2, 0) is 25.6 Å². The van der Waals surface area contributed by atoms with Gasteiger partial charge in [0.2, 0.25) is 11.8 Å². The summed E-state index contributed by atoms with van der Waals surface area (Å²) in [6, 6.07) is 5.76. The van der Waals surface area contributed by atoms with Crippen molar-refractivity contribution < 1.29 is 28.7 Å². The van der Waals surface area contributed by atoms with E-state index in [2.05, 4.69) is 22.0 Å². The van der Waals surface area contributed by atoms with Crippen molar-refractivity contribution >= 4 is 23.8 Å². The molecule has 42 heavy (non-hydrogen) atoms. The van der Waals surface area contributed by atoms with Gasteiger partial charge in [-0.15, -0.1) is 0 Å². The van der Waals surface area contributed by atoms with Crippen LogP contribution < -0.4 is 16.0 Å². The van der Waals surface area contributed by atoms with E-state index in [-0.39, 0.29) is 42.3 Å². The van der Waals surface area contributed by atoms with E-state index in [1.54, 1.807) is 4.90 Å². The van der Waals surface area contributed by atoms with E-state index >= 15 is 0 Å². The summed E-state index contributed by atoms with van der Waals surface area (Å²) in [6.07, 6.45) is 8.01. The zero-order valence-corrected chi connectivity index (χ0v) is 25.2. The van der Waals surface area contributed by atoms with Crippen molar-refractivity contribution in [1.29, 1.82) is 0 Å². The number of ether oxygens (including phenoxy) is 2. The molecule has 4 aliphatic rings. The lowest BCUT2D eigenvalue weighted by Crippen LogP contribution is -2.52. The van der Waals surface area contributed by atoms with Gasteiger partial charge >= 0.3 is 6.09 Å². The normalized spacial score (nSPS) is 26.0. The fourth-order valence-electron chi connectivity index (χ4n) is 6.87. The van der Waals surface area contributed by atoms with Crippen LogP contribution in [0.5, 0.6) is 0 Å². The summed E-state index contributed by atoms with van der Waals surface area (Å²) < 4.78 is 11.0. The van der Waals surface area contributed by atoms with Crippen molar-refractivity contribution in [2.45, 2.75) is 121 Å². The SMILES string of the molecule is CC(C)(C)OC(=O)NC1CCC(N[C@H](CCC2CCOCC2)c2cccc3c2CN([C@@H]2CCC(=O)NC2=O)C3=O)CC1. The molecule has 0 aromatic heterocycles. The average Bonchev–Trinajstić information content (AvgIpc) is 3.27. The minimum Gasteiger partial charge on any atom is -0.444 e. The summed E-state index contributed by atoms with van der Waals surface area (Å²) in [5, 5.41) is 9.38. The van der Waals surface area contributed by atoms with Gasteiger partial charge in [0.1, 0.15) is 11.6 Å². The minimum absolute atomic E-state index is 0.0673. The average molecular weight is 583 g/mol. The van der Waals surface area contributed by atoms with E-state index in [4.69, 9.17) is 9.47 Å². The fourth-order valence-corrected chi connectivity index (χ4v) is 6.87. The Bertz CT molecular complexity index is 1170.